The number of benzene rings is 1. The molecule has 2 heterocycles. The minimum atomic E-state index is -1.96. The van der Waals surface area contributed by atoms with Gasteiger partial charge in [-0.2, -0.15) is 0 Å². The summed E-state index contributed by atoms with van der Waals surface area (Å²) in [6, 6.07) is 4.84. The maximum absolute atomic E-state index is 10.6. The summed E-state index contributed by atoms with van der Waals surface area (Å²) in [7, 11) is 1.41. The second-order valence-electron chi connectivity index (χ2n) is 7.81. The molecule has 12 nitrogen and oxygen atoms in total. The number of methoxy groups -OCH3 is 1. The highest BCUT2D eigenvalue weighted by Crippen LogP contribution is 2.35. The quantitative estimate of drug-likeness (QED) is 0.197. The third kappa shape index (κ3) is 5.46. The molecule has 0 unspecified atom stereocenters. The first kappa shape index (κ1) is 25.8. The van der Waals surface area contributed by atoms with Crippen molar-refractivity contribution in [2.75, 3.05) is 33.5 Å². The predicted molar refractivity (Wildman–Crippen MR) is 110 cm³/mol. The normalized spacial score (nSPS) is 36.9. The Morgan fingerprint density at radius 2 is 1.85 bits per heavy atom. The Morgan fingerprint density at radius 1 is 1.09 bits per heavy atom. The van der Waals surface area contributed by atoms with Gasteiger partial charge in [0, 0.05) is 0 Å². The summed E-state index contributed by atoms with van der Waals surface area (Å²) >= 11 is 0. The van der Waals surface area contributed by atoms with Crippen molar-refractivity contribution in [2.45, 2.75) is 48.7 Å². The first-order valence-corrected chi connectivity index (χ1v) is 10.3. The standard InChI is InChI=1S/C21H30O12/c1-29-13-7-11(3-2-6-22)4-5-12(13)31-19-17(16(26)15(25)14(8-23)32-19)33-20-18(27)21(28,9-24)10-30-20/h2-5,7,14-20,22-28H,6,8-10H2,1H3/b3-2+/t14-,15-,16+,17-,18+,19-,20+,21-/m1/s1. The van der Waals surface area contributed by atoms with Crippen LogP contribution < -0.4 is 9.47 Å². The molecule has 0 spiro atoms. The molecular formula is C21H30O12. The van der Waals surface area contributed by atoms with Crippen LogP contribution in [0.3, 0.4) is 0 Å². The van der Waals surface area contributed by atoms with Crippen LogP contribution in [0.15, 0.2) is 24.3 Å². The smallest absolute Gasteiger partial charge is 0.229 e. The summed E-state index contributed by atoms with van der Waals surface area (Å²) in [6.07, 6.45) is -7.13. The van der Waals surface area contributed by atoms with Crippen LogP contribution in [0.2, 0.25) is 0 Å². The van der Waals surface area contributed by atoms with Crippen molar-refractivity contribution in [3.63, 3.8) is 0 Å². The van der Waals surface area contributed by atoms with E-state index in [1.54, 1.807) is 24.3 Å². The fraction of sp³-hybridized carbons (Fsp3) is 0.619. The average molecular weight is 474 g/mol. The molecule has 186 valence electrons. The Hall–Kier alpha value is -1.84. The number of aliphatic hydroxyl groups is 7. The molecule has 8 atom stereocenters. The van der Waals surface area contributed by atoms with E-state index in [2.05, 4.69) is 0 Å². The number of rotatable bonds is 9. The highest BCUT2D eigenvalue weighted by molar-refractivity contribution is 5.56. The summed E-state index contributed by atoms with van der Waals surface area (Å²) in [4.78, 5) is 0. The maximum Gasteiger partial charge on any atom is 0.229 e. The molecule has 33 heavy (non-hydrogen) atoms. The molecular weight excluding hydrogens is 444 g/mol. The SMILES string of the molecule is COc1cc(/C=C/CO)ccc1O[C@@H]1O[C@H](CO)[C@@H](O)[C@H](O)[C@H]1O[C@@H]1OC[C@](O)(CO)[C@H]1O. The van der Waals surface area contributed by atoms with Crippen molar-refractivity contribution in [1.82, 2.24) is 0 Å². The van der Waals surface area contributed by atoms with Gasteiger partial charge in [-0.25, -0.2) is 0 Å². The van der Waals surface area contributed by atoms with E-state index in [0.717, 1.165) is 0 Å². The van der Waals surface area contributed by atoms with E-state index in [4.69, 9.17) is 28.8 Å². The van der Waals surface area contributed by atoms with Crippen LogP contribution in [-0.4, -0.2) is 118 Å². The summed E-state index contributed by atoms with van der Waals surface area (Å²) in [5.41, 5.74) is -1.26. The van der Waals surface area contributed by atoms with Gasteiger partial charge in [-0.3, -0.25) is 0 Å². The third-order valence-electron chi connectivity index (χ3n) is 5.54. The zero-order valence-corrected chi connectivity index (χ0v) is 17.9. The monoisotopic (exact) mass is 474 g/mol. The van der Waals surface area contributed by atoms with Crippen molar-refractivity contribution in [3.05, 3.63) is 29.8 Å². The Labute approximate surface area is 189 Å². The molecule has 1 aromatic rings. The van der Waals surface area contributed by atoms with Gasteiger partial charge >= 0.3 is 0 Å². The number of hydrogen-bond donors (Lipinski definition) is 7. The summed E-state index contributed by atoms with van der Waals surface area (Å²) in [5.74, 6) is 0.461. The van der Waals surface area contributed by atoms with E-state index in [9.17, 15) is 30.6 Å². The molecule has 2 aliphatic rings. The van der Waals surface area contributed by atoms with Gasteiger partial charge in [-0.05, 0) is 17.7 Å². The Balaban J connectivity index is 1.84. The van der Waals surface area contributed by atoms with Gasteiger partial charge in [0.1, 0.15) is 30.0 Å². The van der Waals surface area contributed by atoms with Crippen molar-refractivity contribution in [3.8, 4) is 11.5 Å². The summed E-state index contributed by atoms with van der Waals surface area (Å²) in [5, 5.41) is 69.1. The van der Waals surface area contributed by atoms with E-state index < -0.39 is 68.5 Å². The van der Waals surface area contributed by atoms with Crippen molar-refractivity contribution < 1.29 is 59.4 Å². The van der Waals surface area contributed by atoms with E-state index in [0.29, 0.717) is 5.56 Å². The van der Waals surface area contributed by atoms with Gasteiger partial charge < -0.3 is 59.4 Å². The molecule has 2 saturated heterocycles. The number of ether oxygens (including phenoxy) is 5. The van der Waals surface area contributed by atoms with Gasteiger partial charge in [0.25, 0.3) is 0 Å². The van der Waals surface area contributed by atoms with E-state index >= 15 is 0 Å². The van der Waals surface area contributed by atoms with Crippen molar-refractivity contribution >= 4 is 6.08 Å². The van der Waals surface area contributed by atoms with Gasteiger partial charge in [0.05, 0.1) is 33.5 Å². The fourth-order valence-electron chi connectivity index (χ4n) is 3.56. The van der Waals surface area contributed by atoms with Crippen LogP contribution in [0.1, 0.15) is 5.56 Å². The minimum Gasteiger partial charge on any atom is -0.493 e. The van der Waals surface area contributed by atoms with Crippen LogP contribution in [0, 0.1) is 0 Å². The zero-order chi connectivity index (χ0) is 24.2. The highest BCUT2D eigenvalue weighted by atomic mass is 16.8. The highest BCUT2D eigenvalue weighted by Gasteiger charge is 2.53. The Bertz CT molecular complexity index is 803. The topological polar surface area (TPSA) is 188 Å². The number of aliphatic hydroxyl groups excluding tert-OH is 6. The van der Waals surface area contributed by atoms with Crippen LogP contribution in [-0.2, 0) is 14.2 Å². The van der Waals surface area contributed by atoms with Crippen molar-refractivity contribution in [1.29, 1.82) is 0 Å². The molecule has 3 rings (SSSR count). The molecule has 0 bridgehead atoms. The van der Waals surface area contributed by atoms with Gasteiger partial charge in [-0.1, -0.05) is 18.2 Å². The van der Waals surface area contributed by atoms with Crippen molar-refractivity contribution in [2.24, 2.45) is 0 Å². The fourth-order valence-corrected chi connectivity index (χ4v) is 3.56. The molecule has 2 fully saturated rings. The second-order valence-corrected chi connectivity index (χ2v) is 7.81. The summed E-state index contributed by atoms with van der Waals surface area (Å²) < 4.78 is 27.6. The molecule has 0 radical (unpaired) electrons. The Morgan fingerprint density at radius 3 is 2.45 bits per heavy atom. The van der Waals surface area contributed by atoms with Crippen LogP contribution >= 0.6 is 0 Å². The molecule has 0 saturated carbocycles. The van der Waals surface area contributed by atoms with Crippen LogP contribution in [0.5, 0.6) is 11.5 Å². The largest absolute Gasteiger partial charge is 0.493 e. The first-order chi connectivity index (χ1) is 15.8. The molecule has 7 N–H and O–H groups in total. The van der Waals surface area contributed by atoms with Gasteiger partial charge in [-0.15, -0.1) is 0 Å². The lowest BCUT2D eigenvalue weighted by Gasteiger charge is -2.42. The maximum atomic E-state index is 10.6. The van der Waals surface area contributed by atoms with E-state index in [-0.39, 0.29) is 18.1 Å². The molecule has 1 aromatic carbocycles. The zero-order valence-electron chi connectivity index (χ0n) is 17.9. The Kier molecular flexibility index (Phi) is 8.64. The predicted octanol–water partition coefficient (Wildman–Crippen LogP) is -2.66. The molecule has 12 heteroatoms. The van der Waals surface area contributed by atoms with E-state index in [1.807, 2.05) is 0 Å². The third-order valence-corrected chi connectivity index (χ3v) is 5.54. The lowest BCUT2D eigenvalue weighted by Crippen LogP contribution is -2.62. The number of hydrogen-bond acceptors (Lipinski definition) is 12. The average Bonchev–Trinajstić information content (AvgIpc) is 3.11. The lowest BCUT2D eigenvalue weighted by atomic mass is 9.98. The molecule has 2 aliphatic heterocycles. The molecule has 0 aromatic heterocycles. The van der Waals surface area contributed by atoms with Crippen LogP contribution in [0.4, 0.5) is 0 Å². The van der Waals surface area contributed by atoms with Crippen LogP contribution in [0.25, 0.3) is 6.08 Å². The molecule has 0 aliphatic carbocycles. The first-order valence-electron chi connectivity index (χ1n) is 10.3. The minimum absolute atomic E-state index is 0.140. The summed E-state index contributed by atoms with van der Waals surface area (Å²) in [6.45, 7) is -1.98. The lowest BCUT2D eigenvalue weighted by molar-refractivity contribution is -0.319. The second kappa shape index (κ2) is 11.1. The molecule has 0 amide bonds. The van der Waals surface area contributed by atoms with Gasteiger partial charge in [0.2, 0.25) is 6.29 Å². The van der Waals surface area contributed by atoms with E-state index in [1.165, 1.54) is 13.2 Å². The van der Waals surface area contributed by atoms with Gasteiger partial charge in [0.15, 0.2) is 23.9 Å².